The van der Waals surface area contributed by atoms with E-state index in [0.29, 0.717) is 18.4 Å². The highest BCUT2D eigenvalue weighted by molar-refractivity contribution is 5.52. The van der Waals surface area contributed by atoms with Gasteiger partial charge in [0.2, 0.25) is 0 Å². The van der Waals surface area contributed by atoms with Crippen LogP contribution in [0.15, 0.2) is 33.9 Å². The average Bonchev–Trinajstić information content (AvgIpc) is 2.79. The molecule has 0 fully saturated rings. The zero-order chi connectivity index (χ0) is 12.3. The number of hydrogen-bond donors (Lipinski definition) is 2. The van der Waals surface area contributed by atoms with E-state index in [1.165, 1.54) is 6.07 Å². The van der Waals surface area contributed by atoms with Gasteiger partial charge in [-0.1, -0.05) is 13.8 Å². The van der Waals surface area contributed by atoms with Gasteiger partial charge in [-0.15, -0.1) is 0 Å². The van der Waals surface area contributed by atoms with E-state index in [1.54, 1.807) is 18.6 Å². The summed E-state index contributed by atoms with van der Waals surface area (Å²) in [6, 6.07) is 3.62. The summed E-state index contributed by atoms with van der Waals surface area (Å²) in [7, 11) is 0. The molecule has 5 nitrogen and oxygen atoms in total. The van der Waals surface area contributed by atoms with Crippen LogP contribution in [0.1, 0.15) is 19.5 Å². The van der Waals surface area contributed by atoms with Crippen LogP contribution in [-0.2, 0) is 6.54 Å². The maximum Gasteiger partial charge on any atom is 0.251 e. The van der Waals surface area contributed by atoms with Gasteiger partial charge in [0.05, 0.1) is 17.5 Å². The minimum Gasteiger partial charge on any atom is -0.472 e. The van der Waals surface area contributed by atoms with Gasteiger partial charge in [-0.05, 0) is 6.07 Å². The molecule has 0 radical (unpaired) electrons. The molecular formula is C12H15N3O2. The van der Waals surface area contributed by atoms with Gasteiger partial charge in [-0.2, -0.15) is 0 Å². The molecular weight excluding hydrogens is 218 g/mol. The molecule has 2 N–H and O–H groups in total. The lowest BCUT2D eigenvalue weighted by molar-refractivity contribution is 0.567. The first-order chi connectivity index (χ1) is 8.15. The molecule has 2 aromatic heterocycles. The quantitative estimate of drug-likeness (QED) is 0.840. The van der Waals surface area contributed by atoms with Gasteiger partial charge in [0.1, 0.15) is 12.1 Å². The number of H-pyrrole nitrogens is 1. The number of furan rings is 1. The molecule has 5 heteroatoms. The Balaban J connectivity index is 2.27. The summed E-state index contributed by atoms with van der Waals surface area (Å²) in [5, 5.41) is 3.22. The lowest BCUT2D eigenvalue weighted by atomic mass is 10.3. The highest BCUT2D eigenvalue weighted by Crippen LogP contribution is 2.13. The van der Waals surface area contributed by atoms with Crippen molar-refractivity contribution in [1.29, 1.82) is 0 Å². The fraction of sp³-hybridized carbons (Fsp3) is 0.333. The summed E-state index contributed by atoms with van der Waals surface area (Å²) >= 11 is 0. The topological polar surface area (TPSA) is 70.9 Å². The Morgan fingerprint density at radius 3 is 3.00 bits per heavy atom. The van der Waals surface area contributed by atoms with E-state index in [9.17, 15) is 4.79 Å². The van der Waals surface area contributed by atoms with Gasteiger partial charge in [0, 0.05) is 18.7 Å². The molecule has 2 aromatic rings. The number of hydrogen-bond acceptors (Lipinski definition) is 4. The van der Waals surface area contributed by atoms with Crippen molar-refractivity contribution in [2.75, 3.05) is 0 Å². The van der Waals surface area contributed by atoms with Crippen LogP contribution in [0.25, 0.3) is 11.4 Å². The van der Waals surface area contributed by atoms with Gasteiger partial charge in [-0.3, -0.25) is 4.79 Å². The third kappa shape index (κ3) is 3.04. The number of aromatic nitrogens is 2. The predicted molar refractivity (Wildman–Crippen MR) is 64.5 cm³/mol. The molecule has 90 valence electrons. The summed E-state index contributed by atoms with van der Waals surface area (Å²) < 4.78 is 4.97. The van der Waals surface area contributed by atoms with Crippen LogP contribution in [0.4, 0.5) is 0 Å². The van der Waals surface area contributed by atoms with E-state index < -0.39 is 0 Å². The first-order valence-corrected chi connectivity index (χ1v) is 5.51. The van der Waals surface area contributed by atoms with Crippen LogP contribution in [0.2, 0.25) is 0 Å². The SMILES string of the molecule is CC(C)NCc1cc(=O)[nH]c(-c2ccoc2)n1. The normalized spacial score (nSPS) is 11.0. The van der Waals surface area contributed by atoms with Gasteiger partial charge < -0.3 is 14.7 Å². The maximum atomic E-state index is 11.5. The molecule has 0 aliphatic carbocycles. The Bertz CT molecular complexity index is 529. The monoisotopic (exact) mass is 233 g/mol. The number of nitrogens with zero attached hydrogens (tertiary/aromatic N) is 1. The van der Waals surface area contributed by atoms with Crippen molar-refractivity contribution < 1.29 is 4.42 Å². The summed E-state index contributed by atoms with van der Waals surface area (Å²) in [6.07, 6.45) is 3.10. The molecule has 2 heterocycles. The molecule has 2 rings (SSSR count). The fourth-order valence-corrected chi connectivity index (χ4v) is 1.44. The van der Waals surface area contributed by atoms with Gasteiger partial charge >= 0.3 is 0 Å². The highest BCUT2D eigenvalue weighted by atomic mass is 16.3. The lowest BCUT2D eigenvalue weighted by Crippen LogP contribution is -2.24. The van der Waals surface area contributed by atoms with Gasteiger partial charge in [-0.25, -0.2) is 4.98 Å². The smallest absolute Gasteiger partial charge is 0.251 e. The predicted octanol–water partition coefficient (Wildman–Crippen LogP) is 1.53. The first-order valence-electron chi connectivity index (χ1n) is 5.51. The fourth-order valence-electron chi connectivity index (χ4n) is 1.44. The van der Waals surface area contributed by atoms with Crippen molar-refractivity contribution in [2.45, 2.75) is 26.4 Å². The van der Waals surface area contributed by atoms with Crippen LogP contribution < -0.4 is 10.9 Å². The van der Waals surface area contributed by atoms with Crippen molar-refractivity contribution in [3.05, 3.63) is 40.7 Å². The van der Waals surface area contributed by atoms with Crippen LogP contribution in [0, 0.1) is 0 Å². The molecule has 0 unspecified atom stereocenters. The molecule has 0 bridgehead atoms. The molecule has 0 saturated carbocycles. The third-order valence-electron chi connectivity index (χ3n) is 2.28. The minimum atomic E-state index is -0.156. The second-order valence-corrected chi connectivity index (χ2v) is 4.13. The van der Waals surface area contributed by atoms with Gasteiger partial charge in [0.25, 0.3) is 5.56 Å². The number of aromatic amines is 1. The van der Waals surface area contributed by atoms with Crippen LogP contribution in [0.5, 0.6) is 0 Å². The summed E-state index contributed by atoms with van der Waals surface area (Å²) in [5.74, 6) is 0.534. The zero-order valence-electron chi connectivity index (χ0n) is 9.86. The zero-order valence-corrected chi connectivity index (χ0v) is 9.86. The molecule has 0 spiro atoms. The minimum absolute atomic E-state index is 0.156. The molecule has 0 saturated heterocycles. The van der Waals surface area contributed by atoms with Gasteiger partial charge in [0.15, 0.2) is 0 Å². The van der Waals surface area contributed by atoms with Crippen molar-refractivity contribution in [3.8, 4) is 11.4 Å². The van der Waals surface area contributed by atoms with Crippen molar-refractivity contribution in [2.24, 2.45) is 0 Å². The van der Waals surface area contributed by atoms with Crippen molar-refractivity contribution in [1.82, 2.24) is 15.3 Å². The number of rotatable bonds is 4. The second kappa shape index (κ2) is 4.97. The summed E-state index contributed by atoms with van der Waals surface area (Å²) in [6.45, 7) is 4.67. The van der Waals surface area contributed by atoms with E-state index in [-0.39, 0.29) is 5.56 Å². The highest BCUT2D eigenvalue weighted by Gasteiger charge is 2.05. The van der Waals surface area contributed by atoms with E-state index in [4.69, 9.17) is 4.42 Å². The Labute approximate surface area is 98.9 Å². The molecule has 0 aliphatic heterocycles. The molecule has 0 amide bonds. The largest absolute Gasteiger partial charge is 0.472 e. The van der Waals surface area contributed by atoms with E-state index in [2.05, 4.69) is 15.3 Å². The Morgan fingerprint density at radius 2 is 2.35 bits per heavy atom. The third-order valence-corrected chi connectivity index (χ3v) is 2.28. The number of nitrogens with one attached hydrogen (secondary N) is 2. The first kappa shape index (κ1) is 11.6. The summed E-state index contributed by atoms with van der Waals surface area (Å²) in [5.41, 5.74) is 1.34. The molecule has 0 atom stereocenters. The lowest BCUT2D eigenvalue weighted by Gasteiger charge is -2.07. The molecule has 0 aromatic carbocycles. The van der Waals surface area contributed by atoms with Crippen LogP contribution in [0.3, 0.4) is 0 Å². The summed E-state index contributed by atoms with van der Waals surface area (Å²) in [4.78, 5) is 18.6. The maximum absolute atomic E-state index is 11.5. The molecule has 0 aliphatic rings. The van der Waals surface area contributed by atoms with Crippen LogP contribution >= 0.6 is 0 Å². The van der Waals surface area contributed by atoms with Crippen LogP contribution in [-0.4, -0.2) is 16.0 Å². The Hall–Kier alpha value is -1.88. The second-order valence-electron chi connectivity index (χ2n) is 4.13. The Morgan fingerprint density at radius 1 is 1.53 bits per heavy atom. The standard InChI is InChI=1S/C12H15N3O2/c1-8(2)13-6-10-5-11(16)15-12(14-10)9-3-4-17-7-9/h3-5,7-8,13H,6H2,1-2H3,(H,14,15,16). The van der Waals surface area contributed by atoms with E-state index in [0.717, 1.165) is 11.3 Å². The average molecular weight is 233 g/mol. The van der Waals surface area contributed by atoms with Crippen molar-refractivity contribution >= 4 is 0 Å². The molecule has 17 heavy (non-hydrogen) atoms. The van der Waals surface area contributed by atoms with Crippen molar-refractivity contribution in [3.63, 3.8) is 0 Å². The Kier molecular flexibility index (Phi) is 3.39. The van der Waals surface area contributed by atoms with E-state index >= 15 is 0 Å². The van der Waals surface area contributed by atoms with E-state index in [1.807, 2.05) is 13.8 Å².